The van der Waals surface area contributed by atoms with Gasteiger partial charge in [-0.1, -0.05) is 6.07 Å². The number of carbonyl (C=O) groups excluding carboxylic acids is 1. The third kappa shape index (κ3) is 3.77. The maximum Gasteiger partial charge on any atom is 0.319 e. The zero-order chi connectivity index (χ0) is 17.8. The second-order valence-corrected chi connectivity index (χ2v) is 5.16. The first-order valence-electron chi connectivity index (χ1n) is 7.32. The van der Waals surface area contributed by atoms with Crippen LogP contribution in [0.25, 0.3) is 11.3 Å². The number of nitrogens with one attached hydrogen (secondary N) is 2. The van der Waals surface area contributed by atoms with E-state index in [-0.39, 0.29) is 6.54 Å². The average molecular weight is 344 g/mol. The van der Waals surface area contributed by atoms with E-state index in [1.807, 2.05) is 0 Å². The number of aryl methyl sites for hydroxylation is 1. The van der Waals surface area contributed by atoms with Crippen molar-refractivity contribution in [3.63, 3.8) is 0 Å². The lowest BCUT2D eigenvalue weighted by atomic mass is 10.2. The molecule has 0 atom stereocenters. The fourth-order valence-electron chi connectivity index (χ4n) is 2.22. The lowest BCUT2D eigenvalue weighted by Crippen LogP contribution is -2.29. The van der Waals surface area contributed by atoms with Gasteiger partial charge in [0.2, 0.25) is 0 Å². The summed E-state index contributed by atoms with van der Waals surface area (Å²) in [4.78, 5) is 20.4. The van der Waals surface area contributed by atoms with Crippen LogP contribution in [0.1, 0.15) is 5.69 Å². The minimum Gasteiger partial charge on any atom is -0.332 e. The summed E-state index contributed by atoms with van der Waals surface area (Å²) >= 11 is 0. The highest BCUT2D eigenvalue weighted by Gasteiger charge is 2.14. The second-order valence-electron chi connectivity index (χ2n) is 5.16. The maximum atomic E-state index is 13.5. The topological polar surface area (TPSA) is 84.7 Å². The Morgan fingerprint density at radius 1 is 1.20 bits per heavy atom. The SMILES string of the molecule is Cn1cc(-c2nccnc2CNC(=O)Nc2c(F)cccc2F)cn1. The molecule has 3 aromatic rings. The Bertz CT molecular complexity index is 891. The number of hydrogen-bond acceptors (Lipinski definition) is 4. The van der Waals surface area contributed by atoms with Crippen molar-refractivity contribution >= 4 is 11.7 Å². The van der Waals surface area contributed by atoms with Crippen LogP contribution in [-0.4, -0.2) is 25.8 Å². The van der Waals surface area contributed by atoms with Gasteiger partial charge >= 0.3 is 6.03 Å². The summed E-state index contributed by atoms with van der Waals surface area (Å²) in [5.41, 5.74) is 1.30. The fourth-order valence-corrected chi connectivity index (χ4v) is 2.22. The number of anilines is 1. The summed E-state index contributed by atoms with van der Waals surface area (Å²) < 4.78 is 28.7. The number of hydrogen-bond donors (Lipinski definition) is 2. The van der Waals surface area contributed by atoms with E-state index in [4.69, 9.17) is 0 Å². The number of nitrogens with zero attached hydrogens (tertiary/aromatic N) is 4. The first-order chi connectivity index (χ1) is 12.0. The minimum absolute atomic E-state index is 0.0278. The van der Waals surface area contributed by atoms with Crippen LogP contribution in [0.2, 0.25) is 0 Å². The molecule has 0 aliphatic heterocycles. The first-order valence-corrected chi connectivity index (χ1v) is 7.32. The van der Waals surface area contributed by atoms with Crippen LogP contribution in [-0.2, 0) is 13.6 Å². The summed E-state index contributed by atoms with van der Waals surface area (Å²) in [6.07, 6.45) is 6.41. The Balaban J connectivity index is 1.71. The van der Waals surface area contributed by atoms with Gasteiger partial charge < -0.3 is 10.6 Å². The van der Waals surface area contributed by atoms with Gasteiger partial charge in [-0.15, -0.1) is 0 Å². The first kappa shape index (κ1) is 16.5. The second kappa shape index (κ2) is 7.04. The van der Waals surface area contributed by atoms with E-state index in [2.05, 4.69) is 25.7 Å². The highest BCUT2D eigenvalue weighted by atomic mass is 19.1. The van der Waals surface area contributed by atoms with E-state index in [9.17, 15) is 13.6 Å². The van der Waals surface area contributed by atoms with Gasteiger partial charge in [-0.2, -0.15) is 5.10 Å². The van der Waals surface area contributed by atoms with Gasteiger partial charge in [0.1, 0.15) is 17.3 Å². The van der Waals surface area contributed by atoms with E-state index in [1.54, 1.807) is 24.1 Å². The van der Waals surface area contributed by atoms with Gasteiger partial charge in [0.25, 0.3) is 0 Å². The van der Waals surface area contributed by atoms with Crippen LogP contribution in [0.5, 0.6) is 0 Å². The van der Waals surface area contributed by atoms with Gasteiger partial charge in [-0.3, -0.25) is 14.6 Å². The summed E-state index contributed by atoms with van der Waals surface area (Å²) in [5, 5.41) is 8.72. The molecule has 7 nitrogen and oxygen atoms in total. The third-order valence-electron chi connectivity index (χ3n) is 3.37. The molecule has 2 N–H and O–H groups in total. The van der Waals surface area contributed by atoms with Crippen LogP contribution in [0.15, 0.2) is 43.0 Å². The molecule has 0 bridgehead atoms. The number of aromatic nitrogens is 4. The van der Waals surface area contributed by atoms with Crippen LogP contribution < -0.4 is 10.6 Å². The summed E-state index contributed by atoms with van der Waals surface area (Å²) in [6.45, 7) is 0.0278. The maximum absolute atomic E-state index is 13.5. The molecule has 0 fully saturated rings. The normalized spacial score (nSPS) is 10.5. The van der Waals surface area contributed by atoms with Crippen molar-refractivity contribution in [1.29, 1.82) is 0 Å². The number of rotatable bonds is 4. The molecule has 0 aliphatic rings. The van der Waals surface area contributed by atoms with Gasteiger partial charge in [0, 0.05) is 31.2 Å². The highest BCUT2D eigenvalue weighted by molar-refractivity contribution is 5.89. The van der Waals surface area contributed by atoms with Crippen molar-refractivity contribution in [2.24, 2.45) is 7.05 Å². The smallest absolute Gasteiger partial charge is 0.319 e. The molecule has 9 heteroatoms. The zero-order valence-electron chi connectivity index (χ0n) is 13.2. The molecule has 2 heterocycles. The molecule has 0 spiro atoms. The van der Waals surface area contributed by atoms with Crippen LogP contribution in [0.3, 0.4) is 0 Å². The fraction of sp³-hybridized carbons (Fsp3) is 0.125. The Morgan fingerprint density at radius 2 is 1.92 bits per heavy atom. The van der Waals surface area contributed by atoms with E-state index in [1.165, 1.54) is 18.5 Å². The standard InChI is InChI=1S/C16H14F2N6O/c1-24-9-10(7-22-24)14-13(19-5-6-20-14)8-21-16(25)23-15-11(17)3-2-4-12(15)18/h2-7,9H,8H2,1H3,(H2,21,23,25). The van der Waals surface area contributed by atoms with Crippen molar-refractivity contribution in [2.45, 2.75) is 6.54 Å². The van der Waals surface area contributed by atoms with E-state index in [0.717, 1.165) is 17.7 Å². The lowest BCUT2D eigenvalue weighted by Gasteiger charge is -2.10. The Labute approximate surface area is 141 Å². The number of urea groups is 1. The molecule has 0 saturated heterocycles. The van der Waals surface area contributed by atoms with Crippen LogP contribution >= 0.6 is 0 Å². The van der Waals surface area contributed by atoms with Gasteiger partial charge in [0.15, 0.2) is 0 Å². The number of halogens is 2. The molecule has 2 amide bonds. The molecule has 0 saturated carbocycles. The average Bonchev–Trinajstić information content (AvgIpc) is 3.03. The van der Waals surface area contributed by atoms with E-state index < -0.39 is 23.4 Å². The quantitative estimate of drug-likeness (QED) is 0.761. The Hall–Kier alpha value is -3.36. The zero-order valence-corrected chi connectivity index (χ0v) is 13.2. The largest absolute Gasteiger partial charge is 0.332 e. The Morgan fingerprint density at radius 3 is 2.60 bits per heavy atom. The third-order valence-corrected chi connectivity index (χ3v) is 3.37. The molecule has 0 unspecified atom stereocenters. The monoisotopic (exact) mass is 344 g/mol. The molecule has 2 aromatic heterocycles. The lowest BCUT2D eigenvalue weighted by molar-refractivity contribution is 0.251. The molecule has 3 rings (SSSR count). The van der Waals surface area contributed by atoms with Crippen molar-refractivity contribution < 1.29 is 13.6 Å². The van der Waals surface area contributed by atoms with E-state index >= 15 is 0 Å². The number of benzene rings is 1. The van der Waals surface area contributed by atoms with Gasteiger partial charge in [-0.05, 0) is 12.1 Å². The molecule has 1 aromatic carbocycles. The summed E-state index contributed by atoms with van der Waals surface area (Å²) in [6, 6.07) is 2.57. The van der Waals surface area contributed by atoms with Crippen LogP contribution in [0, 0.1) is 11.6 Å². The minimum atomic E-state index is -0.856. The van der Waals surface area contributed by atoms with E-state index in [0.29, 0.717) is 11.4 Å². The molecule has 128 valence electrons. The number of carbonyl (C=O) groups is 1. The Kier molecular flexibility index (Phi) is 4.64. The van der Waals surface area contributed by atoms with Crippen molar-refractivity contribution in [1.82, 2.24) is 25.1 Å². The molecule has 0 aliphatic carbocycles. The summed E-state index contributed by atoms with van der Waals surface area (Å²) in [7, 11) is 1.77. The predicted octanol–water partition coefficient (Wildman–Crippen LogP) is 2.48. The highest BCUT2D eigenvalue weighted by Crippen LogP contribution is 2.19. The molecule has 25 heavy (non-hydrogen) atoms. The van der Waals surface area contributed by atoms with Crippen molar-refractivity contribution in [2.75, 3.05) is 5.32 Å². The summed E-state index contributed by atoms with van der Waals surface area (Å²) in [5.74, 6) is -1.71. The van der Waals surface area contributed by atoms with Gasteiger partial charge in [-0.25, -0.2) is 13.6 Å². The number of amides is 2. The molecule has 0 radical (unpaired) electrons. The predicted molar refractivity (Wildman–Crippen MR) is 86.5 cm³/mol. The van der Waals surface area contributed by atoms with Crippen molar-refractivity contribution in [3.05, 3.63) is 60.3 Å². The number of para-hydroxylation sites is 1. The molecular weight excluding hydrogens is 330 g/mol. The van der Waals surface area contributed by atoms with Crippen molar-refractivity contribution in [3.8, 4) is 11.3 Å². The van der Waals surface area contributed by atoms with Crippen LogP contribution in [0.4, 0.5) is 19.3 Å². The molecular formula is C16H14F2N6O. The van der Waals surface area contributed by atoms with Gasteiger partial charge in [0.05, 0.1) is 24.1 Å².